The molecule has 0 bridgehead atoms. The van der Waals surface area contributed by atoms with Gasteiger partial charge in [-0.15, -0.1) is 0 Å². The fraction of sp³-hybridized carbons (Fsp3) is 0.357. The van der Waals surface area contributed by atoms with Gasteiger partial charge in [0.15, 0.2) is 5.17 Å². The van der Waals surface area contributed by atoms with Crippen LogP contribution in [-0.2, 0) is 4.79 Å². The number of fused-ring (bicyclic) bond motifs is 1. The third-order valence-corrected chi connectivity index (χ3v) is 7.48. The zero-order chi connectivity index (χ0) is 24.5. The van der Waals surface area contributed by atoms with Gasteiger partial charge in [-0.2, -0.15) is 0 Å². The lowest BCUT2D eigenvalue weighted by Gasteiger charge is -2.43. The van der Waals surface area contributed by atoms with Gasteiger partial charge in [0, 0.05) is 29.4 Å². The summed E-state index contributed by atoms with van der Waals surface area (Å²) in [7, 11) is 0. The second-order valence-electron chi connectivity index (χ2n) is 9.32. The first-order valence-corrected chi connectivity index (χ1v) is 13.1. The Morgan fingerprint density at radius 3 is 2.47 bits per heavy atom. The standard InChI is InChI=1S/C28H32ClN3OS/c1-6-13-31-26(33)25(34-27(31)30-21-11-9-8-10-12-21)16-20-15-22-19(3)18-28(4,5)32(14-7-2)24(22)17-23(20)29/h8-12,15-18H,6-7,13-14H2,1-5H3/b25-16+,30-27?. The average molecular weight is 494 g/mol. The first kappa shape index (κ1) is 24.6. The highest BCUT2D eigenvalue weighted by atomic mass is 35.5. The fourth-order valence-corrected chi connectivity index (χ4v) is 5.85. The SMILES string of the molecule is CCCN1C(=O)/C(=C\c2cc3c(cc2Cl)N(CCC)C(C)(C)C=C3C)SC1=Nc1ccccc1. The number of halogens is 1. The number of carbonyl (C=O) groups excluding carboxylic acids is 1. The molecule has 0 radical (unpaired) electrons. The third kappa shape index (κ3) is 4.82. The molecule has 0 aliphatic carbocycles. The maximum absolute atomic E-state index is 13.3. The summed E-state index contributed by atoms with van der Waals surface area (Å²) in [6.07, 6.45) is 6.16. The first-order valence-electron chi connectivity index (χ1n) is 11.9. The van der Waals surface area contributed by atoms with E-state index in [-0.39, 0.29) is 11.4 Å². The minimum Gasteiger partial charge on any atom is -0.362 e. The van der Waals surface area contributed by atoms with Gasteiger partial charge in [0.1, 0.15) is 0 Å². The van der Waals surface area contributed by atoms with Crippen LogP contribution in [0.3, 0.4) is 0 Å². The number of anilines is 1. The molecule has 1 amide bonds. The van der Waals surface area contributed by atoms with E-state index in [1.807, 2.05) is 36.4 Å². The predicted molar refractivity (Wildman–Crippen MR) is 148 cm³/mol. The molecule has 0 unspecified atom stereocenters. The number of amidine groups is 1. The van der Waals surface area contributed by atoms with Crippen LogP contribution in [-0.4, -0.2) is 34.6 Å². The maximum atomic E-state index is 13.3. The number of rotatable bonds is 6. The number of para-hydroxylation sites is 1. The van der Waals surface area contributed by atoms with E-state index in [4.69, 9.17) is 16.6 Å². The number of thioether (sulfide) groups is 1. The molecule has 0 aromatic heterocycles. The zero-order valence-electron chi connectivity index (χ0n) is 20.6. The molecular formula is C28H32ClN3OS. The Kier molecular flexibility index (Phi) is 7.25. The number of hydrogen-bond donors (Lipinski definition) is 0. The van der Waals surface area contributed by atoms with E-state index in [2.05, 4.69) is 57.7 Å². The molecule has 4 rings (SSSR count). The Morgan fingerprint density at radius 2 is 1.79 bits per heavy atom. The van der Waals surface area contributed by atoms with E-state index in [1.165, 1.54) is 22.9 Å². The van der Waals surface area contributed by atoms with Gasteiger partial charge in [0.2, 0.25) is 0 Å². The largest absolute Gasteiger partial charge is 0.362 e. The summed E-state index contributed by atoms with van der Waals surface area (Å²) in [5.41, 5.74) is 5.18. The van der Waals surface area contributed by atoms with Crippen LogP contribution in [0.15, 0.2) is 58.4 Å². The number of nitrogens with zero attached hydrogens (tertiary/aromatic N) is 3. The molecule has 1 saturated heterocycles. The Labute approximate surface area is 212 Å². The molecule has 2 aromatic carbocycles. The van der Waals surface area contributed by atoms with Crippen molar-refractivity contribution in [3.8, 4) is 0 Å². The first-order chi connectivity index (χ1) is 16.2. The Morgan fingerprint density at radius 1 is 1.09 bits per heavy atom. The molecule has 178 valence electrons. The molecule has 0 spiro atoms. The molecule has 2 aliphatic heterocycles. The Bertz CT molecular complexity index is 1180. The van der Waals surface area contributed by atoms with E-state index >= 15 is 0 Å². The van der Waals surface area contributed by atoms with Crippen molar-refractivity contribution < 1.29 is 4.79 Å². The maximum Gasteiger partial charge on any atom is 0.266 e. The fourth-order valence-electron chi connectivity index (χ4n) is 4.62. The number of benzene rings is 2. The lowest BCUT2D eigenvalue weighted by atomic mass is 9.87. The quantitative estimate of drug-likeness (QED) is 0.385. The zero-order valence-corrected chi connectivity index (χ0v) is 22.1. The van der Waals surface area contributed by atoms with Crippen molar-refractivity contribution in [1.82, 2.24) is 4.90 Å². The van der Waals surface area contributed by atoms with Crippen LogP contribution in [0.1, 0.15) is 58.6 Å². The van der Waals surface area contributed by atoms with Crippen LogP contribution in [0.4, 0.5) is 11.4 Å². The Hall–Kier alpha value is -2.50. The highest BCUT2D eigenvalue weighted by Gasteiger charge is 2.34. The van der Waals surface area contributed by atoms with E-state index in [0.717, 1.165) is 36.3 Å². The number of amides is 1. The van der Waals surface area contributed by atoms with Crippen molar-refractivity contribution in [3.63, 3.8) is 0 Å². The van der Waals surface area contributed by atoms with Crippen LogP contribution in [0.25, 0.3) is 11.6 Å². The molecule has 0 saturated carbocycles. The highest BCUT2D eigenvalue weighted by molar-refractivity contribution is 8.18. The van der Waals surface area contributed by atoms with Crippen molar-refractivity contribution in [3.05, 3.63) is 69.6 Å². The summed E-state index contributed by atoms with van der Waals surface area (Å²) in [4.78, 5) is 22.9. The lowest BCUT2D eigenvalue weighted by Crippen LogP contribution is -2.45. The van der Waals surface area contributed by atoms with E-state index in [1.54, 1.807) is 4.90 Å². The van der Waals surface area contributed by atoms with Gasteiger partial charge in [-0.3, -0.25) is 9.69 Å². The van der Waals surface area contributed by atoms with Crippen LogP contribution < -0.4 is 4.90 Å². The van der Waals surface area contributed by atoms with Gasteiger partial charge in [-0.05, 0) is 86.9 Å². The minimum absolute atomic E-state index is 0.0173. The van der Waals surface area contributed by atoms with Crippen LogP contribution in [0.5, 0.6) is 0 Å². The summed E-state index contributed by atoms with van der Waals surface area (Å²) in [6.45, 7) is 12.5. The van der Waals surface area contributed by atoms with Crippen LogP contribution >= 0.6 is 23.4 Å². The van der Waals surface area contributed by atoms with Crippen molar-refractivity contribution >= 4 is 57.5 Å². The molecule has 4 nitrogen and oxygen atoms in total. The van der Waals surface area contributed by atoms with Crippen LogP contribution in [0.2, 0.25) is 5.02 Å². The van der Waals surface area contributed by atoms with E-state index in [9.17, 15) is 4.79 Å². The second-order valence-corrected chi connectivity index (χ2v) is 10.7. The lowest BCUT2D eigenvalue weighted by molar-refractivity contribution is -0.122. The van der Waals surface area contributed by atoms with E-state index in [0.29, 0.717) is 21.6 Å². The topological polar surface area (TPSA) is 35.9 Å². The summed E-state index contributed by atoms with van der Waals surface area (Å²) in [5, 5.41) is 1.37. The molecule has 2 aromatic rings. The normalized spacial score (nSPS) is 19.7. The second kappa shape index (κ2) is 10.0. The minimum atomic E-state index is -0.0723. The van der Waals surface area contributed by atoms with Crippen LogP contribution in [0, 0.1) is 0 Å². The van der Waals surface area contributed by atoms with E-state index < -0.39 is 0 Å². The smallest absolute Gasteiger partial charge is 0.266 e. The summed E-state index contributed by atoms with van der Waals surface area (Å²) in [5.74, 6) is -0.0173. The number of allylic oxidation sites excluding steroid dienone is 1. The predicted octanol–water partition coefficient (Wildman–Crippen LogP) is 7.77. The number of carbonyl (C=O) groups is 1. The van der Waals surface area contributed by atoms with Gasteiger partial charge in [-0.25, -0.2) is 4.99 Å². The number of hydrogen-bond acceptors (Lipinski definition) is 4. The Balaban J connectivity index is 1.74. The average Bonchev–Trinajstić information content (AvgIpc) is 3.07. The van der Waals surface area contributed by atoms with Crippen molar-refractivity contribution in [2.24, 2.45) is 4.99 Å². The van der Waals surface area contributed by atoms with Crippen molar-refractivity contribution in [2.75, 3.05) is 18.0 Å². The molecule has 2 aliphatic rings. The van der Waals surface area contributed by atoms with Crippen molar-refractivity contribution in [2.45, 2.75) is 53.0 Å². The van der Waals surface area contributed by atoms with Gasteiger partial charge < -0.3 is 4.90 Å². The molecule has 0 atom stereocenters. The van der Waals surface area contributed by atoms with Gasteiger partial charge in [0.25, 0.3) is 5.91 Å². The molecule has 2 heterocycles. The molecule has 1 fully saturated rings. The monoisotopic (exact) mass is 493 g/mol. The molecule has 0 N–H and O–H groups in total. The summed E-state index contributed by atoms with van der Waals surface area (Å²) in [6, 6.07) is 13.9. The van der Waals surface area contributed by atoms with Gasteiger partial charge in [-0.1, -0.05) is 49.7 Å². The molecule has 34 heavy (non-hydrogen) atoms. The number of aliphatic imine (C=N–C) groups is 1. The third-order valence-electron chi connectivity index (χ3n) is 6.15. The summed E-state index contributed by atoms with van der Waals surface area (Å²) < 4.78 is 0. The molecule has 6 heteroatoms. The van der Waals surface area contributed by atoms with Gasteiger partial charge >= 0.3 is 0 Å². The van der Waals surface area contributed by atoms with Gasteiger partial charge in [0.05, 0.1) is 16.1 Å². The van der Waals surface area contributed by atoms with Crippen molar-refractivity contribution in [1.29, 1.82) is 0 Å². The summed E-state index contributed by atoms with van der Waals surface area (Å²) >= 11 is 8.22. The molecular weight excluding hydrogens is 462 g/mol. The highest BCUT2D eigenvalue weighted by Crippen LogP contribution is 2.43.